The van der Waals surface area contributed by atoms with Gasteiger partial charge in [-0.1, -0.05) is 30.3 Å². The van der Waals surface area contributed by atoms with E-state index in [1.165, 1.54) is 5.56 Å². The van der Waals surface area contributed by atoms with Crippen LogP contribution in [0.2, 0.25) is 0 Å². The maximum absolute atomic E-state index is 13.1. The van der Waals surface area contributed by atoms with E-state index in [1.807, 2.05) is 18.2 Å². The van der Waals surface area contributed by atoms with E-state index in [1.54, 1.807) is 12.4 Å². The standard InChI is InChI=1S/C21H25N3O2/c25-21(18-6-9-22-10-7-18)24-11-8-19(23-12-14-26-15-13-23)20(24)16-17-4-2-1-3-5-17/h1-7,9-10,19-20H,8,11-16H2/t19-,20+/m1/s1. The summed E-state index contributed by atoms with van der Waals surface area (Å²) in [5.41, 5.74) is 2.01. The Hall–Kier alpha value is -2.24. The number of hydrogen-bond acceptors (Lipinski definition) is 4. The van der Waals surface area contributed by atoms with E-state index in [-0.39, 0.29) is 11.9 Å². The molecule has 1 aromatic heterocycles. The number of carbonyl (C=O) groups is 1. The molecule has 2 fully saturated rings. The molecule has 0 spiro atoms. The Morgan fingerprint density at radius 2 is 1.77 bits per heavy atom. The van der Waals surface area contributed by atoms with Gasteiger partial charge in [0.1, 0.15) is 0 Å². The van der Waals surface area contributed by atoms with Crippen LogP contribution in [0.4, 0.5) is 0 Å². The second-order valence-electron chi connectivity index (χ2n) is 7.00. The lowest BCUT2D eigenvalue weighted by Crippen LogP contribution is -2.51. The molecule has 2 atom stereocenters. The Morgan fingerprint density at radius 3 is 2.50 bits per heavy atom. The second-order valence-corrected chi connectivity index (χ2v) is 7.00. The third-order valence-corrected chi connectivity index (χ3v) is 5.50. The van der Waals surface area contributed by atoms with Gasteiger partial charge in [0, 0.05) is 43.6 Å². The Bertz CT molecular complexity index is 717. The highest BCUT2D eigenvalue weighted by Gasteiger charge is 2.40. The minimum Gasteiger partial charge on any atom is -0.379 e. The molecule has 2 aliphatic rings. The molecule has 0 saturated carbocycles. The van der Waals surface area contributed by atoms with Crippen LogP contribution in [0.25, 0.3) is 0 Å². The molecule has 2 aliphatic heterocycles. The van der Waals surface area contributed by atoms with Crippen molar-refractivity contribution < 1.29 is 9.53 Å². The molecule has 136 valence electrons. The Labute approximate surface area is 154 Å². The third-order valence-electron chi connectivity index (χ3n) is 5.50. The molecule has 0 N–H and O–H groups in total. The molecule has 0 radical (unpaired) electrons. The summed E-state index contributed by atoms with van der Waals surface area (Å²) < 4.78 is 5.53. The topological polar surface area (TPSA) is 45.7 Å². The first-order valence-electron chi connectivity index (χ1n) is 9.39. The molecule has 4 rings (SSSR count). The number of hydrogen-bond donors (Lipinski definition) is 0. The van der Waals surface area contributed by atoms with Crippen molar-refractivity contribution in [3.63, 3.8) is 0 Å². The molecule has 3 heterocycles. The molecule has 1 amide bonds. The summed E-state index contributed by atoms with van der Waals surface area (Å²) >= 11 is 0. The van der Waals surface area contributed by atoms with Gasteiger partial charge in [0.15, 0.2) is 0 Å². The van der Waals surface area contributed by atoms with Crippen molar-refractivity contribution in [1.82, 2.24) is 14.8 Å². The van der Waals surface area contributed by atoms with Crippen molar-refractivity contribution in [3.8, 4) is 0 Å². The third kappa shape index (κ3) is 3.64. The molecule has 2 aromatic rings. The summed E-state index contributed by atoms with van der Waals surface area (Å²) in [6, 6.07) is 14.7. The van der Waals surface area contributed by atoms with Gasteiger partial charge in [-0.25, -0.2) is 0 Å². The highest BCUT2D eigenvalue weighted by molar-refractivity contribution is 5.94. The van der Waals surface area contributed by atoms with Crippen LogP contribution in [0.3, 0.4) is 0 Å². The highest BCUT2D eigenvalue weighted by atomic mass is 16.5. The highest BCUT2D eigenvalue weighted by Crippen LogP contribution is 2.28. The maximum atomic E-state index is 13.1. The van der Waals surface area contributed by atoms with Crippen LogP contribution in [0.5, 0.6) is 0 Å². The minimum absolute atomic E-state index is 0.115. The quantitative estimate of drug-likeness (QED) is 0.848. The van der Waals surface area contributed by atoms with Crippen molar-refractivity contribution >= 4 is 5.91 Å². The first kappa shape index (κ1) is 17.2. The Balaban J connectivity index is 1.58. The maximum Gasteiger partial charge on any atom is 0.254 e. The van der Waals surface area contributed by atoms with Crippen LogP contribution < -0.4 is 0 Å². The van der Waals surface area contributed by atoms with Crippen molar-refractivity contribution in [2.24, 2.45) is 0 Å². The number of morpholine rings is 1. The zero-order chi connectivity index (χ0) is 17.8. The molecule has 26 heavy (non-hydrogen) atoms. The number of ether oxygens (including phenoxy) is 1. The molecular formula is C21H25N3O2. The van der Waals surface area contributed by atoms with Gasteiger partial charge in [-0.15, -0.1) is 0 Å². The largest absolute Gasteiger partial charge is 0.379 e. The molecular weight excluding hydrogens is 326 g/mol. The van der Waals surface area contributed by atoms with E-state index in [4.69, 9.17) is 4.74 Å². The molecule has 2 saturated heterocycles. The first-order chi connectivity index (χ1) is 12.8. The van der Waals surface area contributed by atoms with Gasteiger partial charge in [-0.3, -0.25) is 14.7 Å². The van der Waals surface area contributed by atoms with Crippen LogP contribution in [0, 0.1) is 0 Å². The smallest absolute Gasteiger partial charge is 0.254 e. The van der Waals surface area contributed by atoms with Gasteiger partial charge in [0.25, 0.3) is 5.91 Å². The zero-order valence-electron chi connectivity index (χ0n) is 15.0. The summed E-state index contributed by atoms with van der Waals surface area (Å²) in [7, 11) is 0. The summed E-state index contributed by atoms with van der Waals surface area (Å²) in [6.45, 7) is 4.28. The zero-order valence-corrected chi connectivity index (χ0v) is 15.0. The van der Waals surface area contributed by atoms with E-state index in [9.17, 15) is 4.79 Å². The number of nitrogens with zero attached hydrogens (tertiary/aromatic N) is 3. The SMILES string of the molecule is O=C(c1ccncc1)N1CC[C@@H](N2CCOCC2)[C@@H]1Cc1ccccc1. The molecule has 1 aromatic carbocycles. The van der Waals surface area contributed by atoms with Gasteiger partial charge in [0.05, 0.1) is 19.3 Å². The van der Waals surface area contributed by atoms with Crippen molar-refractivity contribution in [2.45, 2.75) is 24.9 Å². The van der Waals surface area contributed by atoms with E-state index < -0.39 is 0 Å². The van der Waals surface area contributed by atoms with E-state index >= 15 is 0 Å². The van der Waals surface area contributed by atoms with Gasteiger partial charge < -0.3 is 9.64 Å². The van der Waals surface area contributed by atoms with E-state index in [0.717, 1.165) is 51.3 Å². The summed E-state index contributed by atoms with van der Waals surface area (Å²) in [5, 5.41) is 0. The van der Waals surface area contributed by atoms with Crippen LogP contribution >= 0.6 is 0 Å². The van der Waals surface area contributed by atoms with Crippen molar-refractivity contribution in [1.29, 1.82) is 0 Å². The average Bonchev–Trinajstić information content (AvgIpc) is 3.13. The monoisotopic (exact) mass is 351 g/mol. The van der Waals surface area contributed by atoms with Crippen molar-refractivity contribution in [3.05, 3.63) is 66.0 Å². The molecule has 0 unspecified atom stereocenters. The fraction of sp³-hybridized carbons (Fsp3) is 0.429. The number of rotatable bonds is 4. The average molecular weight is 351 g/mol. The minimum atomic E-state index is 0.115. The number of carbonyl (C=O) groups excluding carboxylic acids is 1. The molecule has 5 nitrogen and oxygen atoms in total. The normalized spacial score (nSPS) is 23.9. The number of likely N-dealkylation sites (tertiary alicyclic amines) is 1. The van der Waals surface area contributed by atoms with E-state index in [2.05, 4.69) is 39.0 Å². The second kappa shape index (κ2) is 7.98. The predicted octanol–water partition coefficient (Wildman–Crippen LogP) is 2.24. The fourth-order valence-corrected chi connectivity index (χ4v) is 4.19. The summed E-state index contributed by atoms with van der Waals surface area (Å²) in [4.78, 5) is 21.8. The molecule has 5 heteroatoms. The lowest BCUT2D eigenvalue weighted by molar-refractivity contribution is 0.00864. The Morgan fingerprint density at radius 1 is 1.04 bits per heavy atom. The fourth-order valence-electron chi connectivity index (χ4n) is 4.19. The van der Waals surface area contributed by atoms with Crippen LogP contribution in [-0.4, -0.2) is 65.6 Å². The molecule has 0 aliphatic carbocycles. The first-order valence-corrected chi connectivity index (χ1v) is 9.39. The van der Waals surface area contributed by atoms with Gasteiger partial charge >= 0.3 is 0 Å². The summed E-state index contributed by atoms with van der Waals surface area (Å²) in [6.07, 6.45) is 5.29. The number of amides is 1. The number of pyridine rings is 1. The number of benzene rings is 1. The van der Waals surface area contributed by atoms with Crippen molar-refractivity contribution in [2.75, 3.05) is 32.8 Å². The predicted molar refractivity (Wildman–Crippen MR) is 100 cm³/mol. The lowest BCUT2D eigenvalue weighted by Gasteiger charge is -2.37. The van der Waals surface area contributed by atoms with Crippen LogP contribution in [-0.2, 0) is 11.2 Å². The van der Waals surface area contributed by atoms with Gasteiger partial charge in [0.2, 0.25) is 0 Å². The van der Waals surface area contributed by atoms with Crippen LogP contribution in [0.1, 0.15) is 22.3 Å². The number of aromatic nitrogens is 1. The van der Waals surface area contributed by atoms with E-state index in [0.29, 0.717) is 6.04 Å². The Kier molecular flexibility index (Phi) is 5.27. The molecule has 0 bridgehead atoms. The summed E-state index contributed by atoms with van der Waals surface area (Å²) in [5.74, 6) is 0.115. The van der Waals surface area contributed by atoms with Gasteiger partial charge in [-0.2, -0.15) is 0 Å². The van der Waals surface area contributed by atoms with Gasteiger partial charge in [-0.05, 0) is 30.5 Å². The lowest BCUT2D eigenvalue weighted by atomic mass is 9.98. The van der Waals surface area contributed by atoms with Crippen LogP contribution in [0.15, 0.2) is 54.9 Å².